The topological polar surface area (TPSA) is 77.8 Å². The maximum Gasteiger partial charge on any atom is 0.227 e. The summed E-state index contributed by atoms with van der Waals surface area (Å²) in [4.78, 5) is 19.8. The number of rotatable bonds is 6. The maximum absolute atomic E-state index is 6.73. The fourth-order valence-corrected chi connectivity index (χ4v) is 7.70. The van der Waals surface area contributed by atoms with Gasteiger partial charge in [-0.1, -0.05) is 146 Å². The van der Waals surface area contributed by atoms with Crippen LogP contribution in [0.3, 0.4) is 0 Å². The van der Waals surface area contributed by atoms with Crippen LogP contribution < -0.4 is 0 Å². The van der Waals surface area contributed by atoms with Crippen LogP contribution in [0.4, 0.5) is 0 Å². The van der Waals surface area contributed by atoms with Crippen LogP contribution in [-0.2, 0) is 0 Å². The molecule has 0 aliphatic carbocycles. The van der Waals surface area contributed by atoms with E-state index in [4.69, 9.17) is 28.8 Å². The van der Waals surface area contributed by atoms with E-state index in [-0.39, 0.29) is 0 Å². The smallest absolute Gasteiger partial charge is 0.227 e. The van der Waals surface area contributed by atoms with E-state index in [1.54, 1.807) is 0 Å². The summed E-state index contributed by atoms with van der Waals surface area (Å²) in [6.45, 7) is 0. The second-order valence-electron chi connectivity index (χ2n) is 13.8. The second kappa shape index (κ2) is 13.0. The first-order valence-corrected chi connectivity index (χ1v) is 18.5. The molecule has 0 amide bonds. The molecule has 0 fully saturated rings. The summed E-state index contributed by atoms with van der Waals surface area (Å²) < 4.78 is 13.3. The lowest BCUT2D eigenvalue weighted by Crippen LogP contribution is -2.00. The van der Waals surface area contributed by atoms with Crippen molar-refractivity contribution in [2.45, 2.75) is 0 Å². The van der Waals surface area contributed by atoms with Crippen molar-refractivity contribution in [3.8, 4) is 67.9 Å². The number of benzene rings is 8. The van der Waals surface area contributed by atoms with E-state index >= 15 is 0 Å². The number of para-hydroxylation sites is 1. The monoisotopic (exact) mass is 718 g/mol. The number of aromatic nitrogens is 4. The lowest BCUT2D eigenvalue weighted by Gasteiger charge is -2.09. The predicted octanol–water partition coefficient (Wildman–Crippen LogP) is 13.1. The maximum atomic E-state index is 6.73. The highest BCUT2D eigenvalue weighted by atomic mass is 16.3. The lowest BCUT2D eigenvalue weighted by atomic mass is 9.95. The van der Waals surface area contributed by atoms with Gasteiger partial charge in [0.15, 0.2) is 23.1 Å². The van der Waals surface area contributed by atoms with Crippen LogP contribution in [0.5, 0.6) is 0 Å². The van der Waals surface area contributed by atoms with Crippen LogP contribution in [0.1, 0.15) is 0 Å². The van der Waals surface area contributed by atoms with Crippen LogP contribution in [0.25, 0.3) is 112 Å². The van der Waals surface area contributed by atoms with Gasteiger partial charge in [-0.25, -0.2) is 19.9 Å². The third-order valence-corrected chi connectivity index (χ3v) is 10.4. The van der Waals surface area contributed by atoms with Crippen molar-refractivity contribution in [3.63, 3.8) is 0 Å². The second-order valence-corrected chi connectivity index (χ2v) is 13.8. The summed E-state index contributed by atoms with van der Waals surface area (Å²) in [5, 5.41) is 4.30. The zero-order valence-electron chi connectivity index (χ0n) is 29.9. The Morgan fingerprint density at radius 3 is 1.70 bits per heavy atom. The molecule has 0 aliphatic rings. The average Bonchev–Trinajstić information content (AvgIpc) is 3.89. The van der Waals surface area contributed by atoms with E-state index in [1.807, 2.05) is 97.1 Å². The Morgan fingerprint density at radius 1 is 0.339 bits per heavy atom. The zero-order valence-corrected chi connectivity index (χ0v) is 29.9. The van der Waals surface area contributed by atoms with Gasteiger partial charge in [-0.05, 0) is 63.9 Å². The van der Waals surface area contributed by atoms with Gasteiger partial charge in [-0.3, -0.25) is 0 Å². The molecule has 6 nitrogen and oxygen atoms in total. The highest BCUT2D eigenvalue weighted by Gasteiger charge is 2.20. The standard InChI is InChI=1S/C50H30N4O2/c1-4-14-31(15-5-1)41-29-36(28-34-20-10-11-21-37(34)41)50-51-42-24-12-23-39(46(42)56-50)38-22-13-25-43-45(38)40-27-26-35(30-44(40)55-43)49-53-47(32-16-6-2-7-17-32)52-48(54-49)33-18-8-3-9-19-33/h1-30H. The third kappa shape index (κ3) is 5.43. The van der Waals surface area contributed by atoms with Gasteiger partial charge < -0.3 is 8.83 Å². The van der Waals surface area contributed by atoms with Crippen molar-refractivity contribution in [1.82, 2.24) is 19.9 Å². The first-order valence-electron chi connectivity index (χ1n) is 18.5. The molecule has 6 heteroatoms. The van der Waals surface area contributed by atoms with Crippen molar-refractivity contribution < 1.29 is 8.83 Å². The Bertz CT molecular complexity index is 3190. The van der Waals surface area contributed by atoms with E-state index in [0.29, 0.717) is 23.4 Å². The summed E-state index contributed by atoms with van der Waals surface area (Å²) in [6, 6.07) is 61.7. The van der Waals surface area contributed by atoms with Crippen molar-refractivity contribution >= 4 is 43.8 Å². The molecule has 0 aliphatic heterocycles. The molecule has 262 valence electrons. The Balaban J connectivity index is 1.04. The van der Waals surface area contributed by atoms with Crippen LogP contribution in [-0.4, -0.2) is 19.9 Å². The van der Waals surface area contributed by atoms with Crippen LogP contribution in [0.2, 0.25) is 0 Å². The van der Waals surface area contributed by atoms with Crippen molar-refractivity contribution in [2.24, 2.45) is 0 Å². The molecule has 11 rings (SSSR count). The molecule has 0 bridgehead atoms. The number of oxazole rings is 1. The fraction of sp³-hybridized carbons (Fsp3) is 0. The summed E-state index contributed by atoms with van der Waals surface area (Å²) in [7, 11) is 0. The molecule has 8 aromatic carbocycles. The van der Waals surface area contributed by atoms with Gasteiger partial charge in [0, 0.05) is 38.6 Å². The number of hydrogen-bond donors (Lipinski definition) is 0. The molecule has 0 spiro atoms. The van der Waals surface area contributed by atoms with E-state index in [9.17, 15) is 0 Å². The molecule has 0 unspecified atom stereocenters. The highest BCUT2D eigenvalue weighted by molar-refractivity contribution is 6.15. The minimum atomic E-state index is 0.573. The van der Waals surface area contributed by atoms with Gasteiger partial charge >= 0.3 is 0 Å². The first-order chi connectivity index (χ1) is 27.7. The minimum absolute atomic E-state index is 0.573. The Morgan fingerprint density at radius 2 is 0.964 bits per heavy atom. The molecule has 0 saturated heterocycles. The largest absolute Gasteiger partial charge is 0.456 e. The van der Waals surface area contributed by atoms with Gasteiger partial charge in [0.1, 0.15) is 16.7 Å². The molecule has 56 heavy (non-hydrogen) atoms. The molecule has 3 aromatic heterocycles. The highest BCUT2D eigenvalue weighted by Crippen LogP contribution is 2.42. The average molecular weight is 719 g/mol. The normalized spacial score (nSPS) is 11.6. The summed E-state index contributed by atoms with van der Waals surface area (Å²) >= 11 is 0. The van der Waals surface area contributed by atoms with Crippen molar-refractivity contribution in [3.05, 3.63) is 182 Å². The molecule has 11 aromatic rings. The van der Waals surface area contributed by atoms with Crippen LogP contribution in [0.15, 0.2) is 191 Å². The van der Waals surface area contributed by atoms with E-state index in [1.165, 1.54) is 5.39 Å². The van der Waals surface area contributed by atoms with Crippen molar-refractivity contribution in [1.29, 1.82) is 0 Å². The van der Waals surface area contributed by atoms with Gasteiger partial charge in [0.25, 0.3) is 0 Å². The molecular formula is C50H30N4O2. The van der Waals surface area contributed by atoms with E-state index in [2.05, 4.69) is 84.9 Å². The van der Waals surface area contributed by atoms with Gasteiger partial charge in [-0.2, -0.15) is 0 Å². The van der Waals surface area contributed by atoms with E-state index < -0.39 is 0 Å². The fourth-order valence-electron chi connectivity index (χ4n) is 7.70. The van der Waals surface area contributed by atoms with Gasteiger partial charge in [0.05, 0.1) is 0 Å². The number of fused-ring (bicyclic) bond motifs is 5. The number of nitrogens with zero attached hydrogens (tertiary/aromatic N) is 4. The predicted molar refractivity (Wildman–Crippen MR) is 225 cm³/mol. The van der Waals surface area contributed by atoms with Crippen LogP contribution in [0, 0.1) is 0 Å². The summed E-state index contributed by atoms with van der Waals surface area (Å²) in [6.07, 6.45) is 0. The quantitative estimate of drug-likeness (QED) is 0.170. The Hall–Kier alpha value is -7.70. The lowest BCUT2D eigenvalue weighted by molar-refractivity contribution is 0.621. The molecule has 0 atom stereocenters. The van der Waals surface area contributed by atoms with Crippen LogP contribution >= 0.6 is 0 Å². The van der Waals surface area contributed by atoms with Crippen molar-refractivity contribution in [2.75, 3.05) is 0 Å². The summed E-state index contributed by atoms with van der Waals surface area (Å²) in [5.74, 6) is 2.37. The Kier molecular flexibility index (Phi) is 7.38. The molecule has 3 heterocycles. The van der Waals surface area contributed by atoms with Gasteiger partial charge in [-0.15, -0.1) is 0 Å². The SMILES string of the molecule is c1ccc(-c2nc(-c3ccccc3)nc(-c3ccc4c(c3)oc3cccc(-c5cccc6nc(-c7cc(-c8ccccc8)c8ccccc8c7)oc56)c34)n2)cc1. The minimum Gasteiger partial charge on any atom is -0.456 e. The molecular weight excluding hydrogens is 689 g/mol. The number of hydrogen-bond acceptors (Lipinski definition) is 6. The van der Waals surface area contributed by atoms with Gasteiger partial charge in [0.2, 0.25) is 5.89 Å². The molecule has 0 N–H and O–H groups in total. The molecule has 0 radical (unpaired) electrons. The number of furan rings is 1. The first kappa shape index (κ1) is 31.8. The Labute approximate surface area is 321 Å². The van der Waals surface area contributed by atoms with E-state index in [0.717, 1.165) is 82.9 Å². The zero-order chi connectivity index (χ0) is 37.0. The molecule has 0 saturated carbocycles. The summed E-state index contributed by atoms with van der Waals surface area (Å²) in [5.41, 5.74) is 10.9. The third-order valence-electron chi connectivity index (χ3n) is 10.4.